The van der Waals surface area contributed by atoms with Gasteiger partial charge in [0.15, 0.2) is 0 Å². The number of benzene rings is 1. The van der Waals surface area contributed by atoms with Crippen LogP contribution < -0.4 is 0 Å². The van der Waals surface area contributed by atoms with Gasteiger partial charge in [0, 0.05) is 20.2 Å². The van der Waals surface area contributed by atoms with Crippen LogP contribution in [0.5, 0.6) is 0 Å². The SMILES string of the molecule is COCCN(CCO)S(=O)(=O)c1ccc(F)cc1C. The van der Waals surface area contributed by atoms with Crippen molar-refractivity contribution >= 4 is 10.0 Å². The number of sulfonamides is 1. The molecule has 0 radical (unpaired) electrons. The predicted octanol–water partition coefficient (Wildman–Crippen LogP) is 0.764. The van der Waals surface area contributed by atoms with Crippen LogP contribution in [0.3, 0.4) is 0 Å². The second kappa shape index (κ2) is 6.95. The highest BCUT2D eigenvalue weighted by Crippen LogP contribution is 2.20. The highest BCUT2D eigenvalue weighted by atomic mass is 32.2. The lowest BCUT2D eigenvalue weighted by atomic mass is 10.2. The fraction of sp³-hybridized carbons (Fsp3) is 0.500. The molecule has 19 heavy (non-hydrogen) atoms. The van der Waals surface area contributed by atoms with Gasteiger partial charge in [0.2, 0.25) is 10.0 Å². The topological polar surface area (TPSA) is 66.8 Å². The van der Waals surface area contributed by atoms with Gasteiger partial charge in [-0.05, 0) is 30.7 Å². The maximum atomic E-state index is 13.0. The lowest BCUT2D eigenvalue weighted by Gasteiger charge is -2.21. The number of rotatable bonds is 7. The summed E-state index contributed by atoms with van der Waals surface area (Å²) in [6, 6.07) is 3.50. The standard InChI is InChI=1S/C12H18FNO4S/c1-10-9-11(13)3-4-12(10)19(16,17)14(5-7-15)6-8-18-2/h3-4,9,15H,5-8H2,1-2H3. The van der Waals surface area contributed by atoms with Crippen LogP contribution in [0.1, 0.15) is 5.56 Å². The van der Waals surface area contributed by atoms with Crippen molar-refractivity contribution in [1.82, 2.24) is 4.31 Å². The van der Waals surface area contributed by atoms with E-state index in [0.29, 0.717) is 5.56 Å². The molecule has 1 aromatic carbocycles. The first kappa shape index (κ1) is 16.0. The van der Waals surface area contributed by atoms with E-state index in [1.165, 1.54) is 26.2 Å². The summed E-state index contributed by atoms with van der Waals surface area (Å²) >= 11 is 0. The van der Waals surface area contributed by atoms with E-state index in [1.807, 2.05) is 0 Å². The van der Waals surface area contributed by atoms with E-state index in [-0.39, 0.29) is 31.2 Å². The maximum absolute atomic E-state index is 13.0. The first-order chi connectivity index (χ1) is 8.93. The number of methoxy groups -OCH3 is 1. The van der Waals surface area contributed by atoms with E-state index in [9.17, 15) is 12.8 Å². The number of aliphatic hydroxyl groups is 1. The lowest BCUT2D eigenvalue weighted by Crippen LogP contribution is -2.36. The summed E-state index contributed by atoms with van der Waals surface area (Å²) in [5, 5.41) is 8.95. The van der Waals surface area contributed by atoms with Crippen LogP contribution in [0.25, 0.3) is 0 Å². The molecule has 0 spiro atoms. The number of halogens is 1. The summed E-state index contributed by atoms with van der Waals surface area (Å²) in [5.74, 6) is -0.484. The Morgan fingerprint density at radius 1 is 1.37 bits per heavy atom. The first-order valence-electron chi connectivity index (χ1n) is 5.79. The van der Waals surface area contributed by atoms with Gasteiger partial charge in [-0.3, -0.25) is 0 Å². The Morgan fingerprint density at radius 2 is 2.05 bits per heavy atom. The second-order valence-corrected chi connectivity index (χ2v) is 5.94. The van der Waals surface area contributed by atoms with Crippen molar-refractivity contribution in [2.24, 2.45) is 0 Å². The van der Waals surface area contributed by atoms with E-state index in [0.717, 1.165) is 10.4 Å². The minimum Gasteiger partial charge on any atom is -0.395 e. The van der Waals surface area contributed by atoms with Crippen molar-refractivity contribution in [3.8, 4) is 0 Å². The molecule has 0 heterocycles. The molecule has 0 fully saturated rings. The Hall–Kier alpha value is -1.02. The van der Waals surface area contributed by atoms with Gasteiger partial charge in [-0.15, -0.1) is 0 Å². The number of aliphatic hydroxyl groups excluding tert-OH is 1. The zero-order valence-corrected chi connectivity index (χ0v) is 11.8. The van der Waals surface area contributed by atoms with Gasteiger partial charge in [0.05, 0.1) is 18.1 Å². The van der Waals surface area contributed by atoms with Gasteiger partial charge in [-0.1, -0.05) is 0 Å². The van der Waals surface area contributed by atoms with Gasteiger partial charge >= 0.3 is 0 Å². The molecule has 0 aromatic heterocycles. The summed E-state index contributed by atoms with van der Waals surface area (Å²) < 4.78 is 43.8. The molecule has 1 rings (SSSR count). The molecular weight excluding hydrogens is 273 g/mol. The molecule has 5 nitrogen and oxygen atoms in total. The van der Waals surface area contributed by atoms with Crippen LogP contribution in [-0.2, 0) is 14.8 Å². The number of hydrogen-bond donors (Lipinski definition) is 1. The second-order valence-electron chi connectivity index (χ2n) is 4.03. The Morgan fingerprint density at radius 3 is 2.58 bits per heavy atom. The van der Waals surface area contributed by atoms with Crippen molar-refractivity contribution in [1.29, 1.82) is 0 Å². The van der Waals surface area contributed by atoms with E-state index >= 15 is 0 Å². The van der Waals surface area contributed by atoms with Crippen LogP contribution in [0.2, 0.25) is 0 Å². The van der Waals surface area contributed by atoms with Gasteiger partial charge in [-0.25, -0.2) is 12.8 Å². The van der Waals surface area contributed by atoms with Crippen molar-refractivity contribution < 1.29 is 22.7 Å². The van der Waals surface area contributed by atoms with E-state index in [1.54, 1.807) is 0 Å². The molecule has 0 amide bonds. The third-order valence-electron chi connectivity index (χ3n) is 2.65. The Bertz CT molecular complexity index is 518. The molecule has 7 heteroatoms. The van der Waals surface area contributed by atoms with Gasteiger partial charge in [-0.2, -0.15) is 4.31 Å². The van der Waals surface area contributed by atoms with Crippen LogP contribution >= 0.6 is 0 Å². The fourth-order valence-electron chi connectivity index (χ4n) is 1.70. The van der Waals surface area contributed by atoms with Gasteiger partial charge < -0.3 is 9.84 Å². The number of ether oxygens (including phenoxy) is 1. The average molecular weight is 291 g/mol. The van der Waals surface area contributed by atoms with Crippen molar-refractivity contribution in [3.05, 3.63) is 29.6 Å². The van der Waals surface area contributed by atoms with Crippen LogP contribution in [-0.4, -0.2) is 51.2 Å². The molecule has 0 aliphatic carbocycles. The lowest BCUT2D eigenvalue weighted by molar-refractivity contribution is 0.168. The third-order valence-corrected chi connectivity index (χ3v) is 4.71. The highest BCUT2D eigenvalue weighted by molar-refractivity contribution is 7.89. The van der Waals surface area contributed by atoms with Crippen molar-refractivity contribution in [3.63, 3.8) is 0 Å². The Kier molecular flexibility index (Phi) is 5.86. The van der Waals surface area contributed by atoms with Crippen LogP contribution in [0, 0.1) is 12.7 Å². The molecular formula is C12H18FNO4S. The normalized spacial score (nSPS) is 12.1. The number of aryl methyl sites for hydroxylation is 1. The summed E-state index contributed by atoms with van der Waals surface area (Å²) in [4.78, 5) is 0.0402. The zero-order chi connectivity index (χ0) is 14.5. The third kappa shape index (κ3) is 3.97. The number of nitrogens with zero attached hydrogens (tertiary/aromatic N) is 1. The minimum absolute atomic E-state index is 0.0253. The van der Waals surface area contributed by atoms with Crippen molar-refractivity contribution in [2.75, 3.05) is 33.4 Å². The quantitative estimate of drug-likeness (QED) is 0.805. The molecule has 108 valence electrons. The fourth-order valence-corrected chi connectivity index (χ4v) is 3.32. The molecule has 0 aliphatic rings. The van der Waals surface area contributed by atoms with Gasteiger partial charge in [0.1, 0.15) is 5.82 Å². The minimum atomic E-state index is -3.76. The maximum Gasteiger partial charge on any atom is 0.243 e. The van der Waals surface area contributed by atoms with E-state index in [4.69, 9.17) is 9.84 Å². The molecule has 0 bridgehead atoms. The van der Waals surface area contributed by atoms with Crippen LogP contribution in [0.15, 0.2) is 23.1 Å². The molecule has 0 saturated heterocycles. The van der Waals surface area contributed by atoms with E-state index in [2.05, 4.69) is 0 Å². The highest BCUT2D eigenvalue weighted by Gasteiger charge is 2.25. The monoisotopic (exact) mass is 291 g/mol. The van der Waals surface area contributed by atoms with Gasteiger partial charge in [0.25, 0.3) is 0 Å². The molecule has 1 N–H and O–H groups in total. The molecule has 0 unspecified atom stereocenters. The zero-order valence-electron chi connectivity index (χ0n) is 11.0. The smallest absolute Gasteiger partial charge is 0.243 e. The van der Waals surface area contributed by atoms with Crippen molar-refractivity contribution in [2.45, 2.75) is 11.8 Å². The number of hydrogen-bond acceptors (Lipinski definition) is 4. The Labute approximate surface area is 112 Å². The van der Waals surface area contributed by atoms with Crippen LogP contribution in [0.4, 0.5) is 4.39 Å². The molecule has 0 saturated carbocycles. The Balaban J connectivity index is 3.11. The predicted molar refractivity (Wildman–Crippen MR) is 68.9 cm³/mol. The summed E-state index contributed by atoms with van der Waals surface area (Å²) in [5.41, 5.74) is 0.334. The summed E-state index contributed by atoms with van der Waals surface area (Å²) in [6.45, 7) is 1.57. The molecule has 0 aliphatic heterocycles. The van der Waals surface area contributed by atoms with E-state index < -0.39 is 15.8 Å². The first-order valence-corrected chi connectivity index (χ1v) is 7.23. The largest absolute Gasteiger partial charge is 0.395 e. The molecule has 1 aromatic rings. The summed E-state index contributed by atoms with van der Waals surface area (Å²) in [6.07, 6.45) is 0. The summed E-state index contributed by atoms with van der Waals surface area (Å²) in [7, 11) is -2.29. The molecule has 0 atom stereocenters. The average Bonchev–Trinajstić information content (AvgIpc) is 2.33.